The lowest BCUT2D eigenvalue weighted by Gasteiger charge is -2.30. The van der Waals surface area contributed by atoms with Crippen molar-refractivity contribution in [3.8, 4) is 0 Å². The van der Waals surface area contributed by atoms with Gasteiger partial charge < -0.3 is 30.2 Å². The molecule has 0 saturated heterocycles. The SMILES string of the molecule is CNC(=O)OC(C(OC)OC)C(NC(=O)c1cn(C)nc1C(F)(F)F)C(=O)NC. The molecule has 0 spiro atoms. The van der Waals surface area contributed by atoms with Crippen LogP contribution in [0.3, 0.4) is 0 Å². The number of aromatic nitrogens is 2. The number of hydrogen-bond donors (Lipinski definition) is 3. The molecule has 2 unspecified atom stereocenters. The lowest BCUT2D eigenvalue weighted by Crippen LogP contribution is -2.58. The number of likely N-dealkylation sites (N-methyl/N-ethyl adjacent to an activating group) is 1. The molecule has 11 nitrogen and oxygen atoms in total. The van der Waals surface area contributed by atoms with E-state index in [-0.39, 0.29) is 0 Å². The van der Waals surface area contributed by atoms with Crippen LogP contribution in [0.2, 0.25) is 0 Å². The topological polar surface area (TPSA) is 133 Å². The van der Waals surface area contributed by atoms with E-state index in [0.29, 0.717) is 0 Å². The molecule has 1 aromatic heterocycles. The number of alkyl carbamates (subject to hydrolysis) is 1. The molecule has 0 aliphatic carbocycles. The van der Waals surface area contributed by atoms with Crippen LogP contribution >= 0.6 is 0 Å². The van der Waals surface area contributed by atoms with Crippen LogP contribution in [0.25, 0.3) is 0 Å². The average molecular weight is 425 g/mol. The molecule has 1 heterocycles. The van der Waals surface area contributed by atoms with Gasteiger partial charge in [-0.1, -0.05) is 0 Å². The van der Waals surface area contributed by atoms with Crippen molar-refractivity contribution in [2.24, 2.45) is 7.05 Å². The largest absolute Gasteiger partial charge is 0.438 e. The van der Waals surface area contributed by atoms with Gasteiger partial charge in [0, 0.05) is 41.6 Å². The molecule has 0 aliphatic rings. The molecule has 3 amide bonds. The Morgan fingerprint density at radius 1 is 1.14 bits per heavy atom. The summed E-state index contributed by atoms with van der Waals surface area (Å²) in [4.78, 5) is 36.5. The van der Waals surface area contributed by atoms with E-state index in [1.807, 2.05) is 0 Å². The highest BCUT2D eigenvalue weighted by molar-refractivity contribution is 5.98. The van der Waals surface area contributed by atoms with Crippen LogP contribution < -0.4 is 16.0 Å². The molecule has 164 valence electrons. The Bertz CT molecular complexity index is 735. The number of rotatable bonds is 8. The molecule has 1 rings (SSSR count). The first-order valence-electron chi connectivity index (χ1n) is 8.07. The number of alkyl halides is 3. The van der Waals surface area contributed by atoms with Crippen molar-refractivity contribution < 1.29 is 41.8 Å². The van der Waals surface area contributed by atoms with E-state index < -0.39 is 53.8 Å². The van der Waals surface area contributed by atoms with Crippen molar-refractivity contribution in [3.05, 3.63) is 17.5 Å². The molecule has 0 aromatic carbocycles. The van der Waals surface area contributed by atoms with Crippen molar-refractivity contribution in [1.29, 1.82) is 0 Å². The van der Waals surface area contributed by atoms with Gasteiger partial charge in [0.1, 0.15) is 0 Å². The summed E-state index contributed by atoms with van der Waals surface area (Å²) in [5.74, 6) is -2.14. The number of halogens is 3. The molecule has 0 aliphatic heterocycles. The summed E-state index contributed by atoms with van der Waals surface area (Å²) >= 11 is 0. The number of carbonyl (C=O) groups excluding carboxylic acids is 3. The van der Waals surface area contributed by atoms with Crippen LogP contribution in [0.4, 0.5) is 18.0 Å². The summed E-state index contributed by atoms with van der Waals surface area (Å²) in [6.45, 7) is 0. The second-order valence-corrected chi connectivity index (χ2v) is 5.59. The lowest BCUT2D eigenvalue weighted by atomic mass is 10.1. The van der Waals surface area contributed by atoms with Crippen molar-refractivity contribution in [1.82, 2.24) is 25.7 Å². The second kappa shape index (κ2) is 10.1. The quantitative estimate of drug-likeness (QED) is 0.484. The monoisotopic (exact) mass is 425 g/mol. The fourth-order valence-electron chi connectivity index (χ4n) is 2.36. The lowest BCUT2D eigenvalue weighted by molar-refractivity contribution is -0.174. The maximum atomic E-state index is 13.1. The van der Waals surface area contributed by atoms with Gasteiger partial charge in [0.05, 0.1) is 5.56 Å². The van der Waals surface area contributed by atoms with Crippen molar-refractivity contribution in [3.63, 3.8) is 0 Å². The third-order valence-corrected chi connectivity index (χ3v) is 3.67. The number of ether oxygens (including phenoxy) is 3. The Kier molecular flexibility index (Phi) is 8.39. The Morgan fingerprint density at radius 3 is 2.17 bits per heavy atom. The Morgan fingerprint density at radius 2 is 1.72 bits per heavy atom. The molecule has 1 aromatic rings. The van der Waals surface area contributed by atoms with E-state index in [2.05, 4.69) is 21.0 Å². The van der Waals surface area contributed by atoms with Crippen molar-refractivity contribution in [2.45, 2.75) is 24.6 Å². The third-order valence-electron chi connectivity index (χ3n) is 3.67. The molecule has 3 N–H and O–H groups in total. The Labute approximate surface area is 163 Å². The minimum atomic E-state index is -4.91. The fraction of sp³-hybridized carbons (Fsp3) is 0.600. The minimum Gasteiger partial charge on any atom is -0.438 e. The van der Waals surface area contributed by atoms with Crippen LogP contribution in [0, 0.1) is 0 Å². The predicted octanol–water partition coefficient (Wildman–Crippen LogP) is -0.373. The van der Waals surface area contributed by atoms with Gasteiger partial charge in [-0.15, -0.1) is 0 Å². The second-order valence-electron chi connectivity index (χ2n) is 5.59. The fourth-order valence-corrected chi connectivity index (χ4v) is 2.36. The normalized spacial score (nSPS) is 13.6. The van der Waals surface area contributed by atoms with Crippen LogP contribution in [0.1, 0.15) is 16.1 Å². The number of nitrogens with one attached hydrogen (secondary N) is 3. The summed E-state index contributed by atoms with van der Waals surface area (Å²) in [6, 6.07) is -1.66. The van der Waals surface area contributed by atoms with Gasteiger partial charge in [0.2, 0.25) is 5.91 Å². The van der Waals surface area contributed by atoms with Gasteiger partial charge in [-0.25, -0.2) is 4.79 Å². The van der Waals surface area contributed by atoms with Crippen LogP contribution in [0.15, 0.2) is 6.20 Å². The highest BCUT2D eigenvalue weighted by atomic mass is 19.4. The number of amides is 3. The highest BCUT2D eigenvalue weighted by Crippen LogP contribution is 2.30. The van der Waals surface area contributed by atoms with Gasteiger partial charge >= 0.3 is 12.3 Å². The summed E-state index contributed by atoms with van der Waals surface area (Å²) < 4.78 is 55.3. The maximum absolute atomic E-state index is 13.1. The first kappa shape index (κ1) is 24.2. The molecular formula is C15H22F3N5O6. The van der Waals surface area contributed by atoms with Gasteiger partial charge in [-0.2, -0.15) is 18.3 Å². The summed E-state index contributed by atoms with van der Waals surface area (Å²) in [5.41, 5.74) is -2.26. The molecule has 0 bridgehead atoms. The molecule has 0 radical (unpaired) electrons. The predicted molar refractivity (Wildman–Crippen MR) is 90.7 cm³/mol. The first-order chi connectivity index (χ1) is 13.5. The maximum Gasteiger partial charge on any atom is 0.435 e. The number of aryl methyl sites for hydroxylation is 1. The first-order valence-corrected chi connectivity index (χ1v) is 8.07. The molecule has 0 saturated carbocycles. The zero-order valence-electron chi connectivity index (χ0n) is 16.3. The standard InChI is InChI=1S/C15H22F3N5O6/c1-19-12(25)8(9(13(27-4)28-5)29-14(26)20-2)21-11(24)7-6-23(3)22-10(7)15(16,17)18/h6,8-9,13H,1-5H3,(H,19,25)(H,20,26)(H,21,24). The molecule has 0 fully saturated rings. The molecule has 2 atom stereocenters. The van der Waals surface area contributed by atoms with E-state index in [4.69, 9.17) is 14.2 Å². The zero-order valence-corrected chi connectivity index (χ0v) is 16.3. The van der Waals surface area contributed by atoms with Gasteiger partial charge in [0.25, 0.3) is 5.91 Å². The highest BCUT2D eigenvalue weighted by Gasteiger charge is 2.42. The Hall–Kier alpha value is -2.87. The van der Waals surface area contributed by atoms with Gasteiger partial charge in [-0.3, -0.25) is 14.3 Å². The van der Waals surface area contributed by atoms with E-state index in [9.17, 15) is 27.6 Å². The molecule has 14 heteroatoms. The summed E-state index contributed by atoms with van der Waals surface area (Å²) in [6.07, 6.45) is -7.92. The number of carbonyl (C=O) groups is 3. The van der Waals surface area contributed by atoms with E-state index >= 15 is 0 Å². The summed E-state index contributed by atoms with van der Waals surface area (Å²) in [7, 11) is 6.02. The van der Waals surface area contributed by atoms with Crippen molar-refractivity contribution >= 4 is 17.9 Å². The zero-order chi connectivity index (χ0) is 22.4. The summed E-state index contributed by atoms with van der Waals surface area (Å²) in [5, 5.41) is 9.73. The smallest absolute Gasteiger partial charge is 0.435 e. The Balaban J connectivity index is 3.32. The van der Waals surface area contributed by atoms with Crippen LogP contribution in [-0.4, -0.2) is 74.4 Å². The van der Waals surface area contributed by atoms with E-state index in [1.165, 1.54) is 35.4 Å². The third kappa shape index (κ3) is 6.05. The molecule has 29 heavy (non-hydrogen) atoms. The minimum absolute atomic E-state index is 0.804. The molecular weight excluding hydrogens is 403 g/mol. The number of hydrogen-bond acceptors (Lipinski definition) is 7. The van der Waals surface area contributed by atoms with E-state index in [0.717, 1.165) is 10.9 Å². The van der Waals surface area contributed by atoms with Gasteiger partial charge in [0.15, 0.2) is 24.1 Å². The van der Waals surface area contributed by atoms with Crippen LogP contribution in [-0.2, 0) is 32.2 Å². The number of nitrogens with zero attached hydrogens (tertiary/aromatic N) is 2. The van der Waals surface area contributed by atoms with Crippen molar-refractivity contribution in [2.75, 3.05) is 28.3 Å². The van der Waals surface area contributed by atoms with Crippen LogP contribution in [0.5, 0.6) is 0 Å². The van der Waals surface area contributed by atoms with E-state index in [1.54, 1.807) is 0 Å². The number of methoxy groups -OCH3 is 2. The average Bonchev–Trinajstić information content (AvgIpc) is 3.07. The van der Waals surface area contributed by atoms with Gasteiger partial charge in [-0.05, 0) is 0 Å².